The van der Waals surface area contributed by atoms with Gasteiger partial charge < -0.3 is 16.0 Å². The molecule has 0 saturated carbocycles. The summed E-state index contributed by atoms with van der Waals surface area (Å²) in [6.45, 7) is 0.415. The zero-order valence-corrected chi connectivity index (χ0v) is 16.4. The lowest BCUT2D eigenvalue weighted by Crippen LogP contribution is -2.24. The number of carbonyl (C=O) groups is 3. The summed E-state index contributed by atoms with van der Waals surface area (Å²) < 4.78 is 0. The van der Waals surface area contributed by atoms with Crippen molar-refractivity contribution in [3.8, 4) is 0 Å². The van der Waals surface area contributed by atoms with E-state index in [1.165, 1.54) is 11.3 Å². The van der Waals surface area contributed by atoms with Crippen LogP contribution in [0.1, 0.15) is 32.9 Å². The number of aromatic nitrogens is 1. The number of rotatable bonds is 8. The van der Waals surface area contributed by atoms with Crippen molar-refractivity contribution in [2.24, 2.45) is 0 Å². The quantitative estimate of drug-likeness (QED) is 0.496. The van der Waals surface area contributed by atoms with Crippen molar-refractivity contribution in [3.05, 3.63) is 76.7 Å². The molecule has 0 atom stereocenters. The maximum absolute atomic E-state index is 12.3. The Morgan fingerprint density at radius 1 is 0.897 bits per heavy atom. The first-order valence-corrected chi connectivity index (χ1v) is 9.93. The van der Waals surface area contributed by atoms with Gasteiger partial charge in [-0.25, -0.2) is 0 Å². The molecule has 3 rings (SSSR count). The van der Waals surface area contributed by atoms with E-state index in [2.05, 4.69) is 20.9 Å². The summed E-state index contributed by atoms with van der Waals surface area (Å²) in [7, 11) is 0. The van der Waals surface area contributed by atoms with E-state index < -0.39 is 0 Å². The molecule has 0 fully saturated rings. The van der Waals surface area contributed by atoms with Crippen molar-refractivity contribution < 1.29 is 14.4 Å². The van der Waals surface area contributed by atoms with Gasteiger partial charge in [0.1, 0.15) is 0 Å². The maximum Gasteiger partial charge on any atom is 0.261 e. The number of hydrogen-bond acceptors (Lipinski definition) is 5. The molecule has 0 spiro atoms. The minimum Gasteiger partial charge on any atom is -0.351 e. The fraction of sp³-hybridized carbons (Fsp3) is 0.143. The van der Waals surface area contributed by atoms with Crippen molar-refractivity contribution in [1.29, 1.82) is 0 Å². The van der Waals surface area contributed by atoms with E-state index in [9.17, 15) is 14.4 Å². The van der Waals surface area contributed by atoms with Gasteiger partial charge in [-0.2, -0.15) is 0 Å². The summed E-state index contributed by atoms with van der Waals surface area (Å²) in [5.74, 6) is -0.584. The molecule has 148 valence electrons. The number of thiophene rings is 1. The standard InChI is InChI=1S/C21H20N4O3S/c26-19(7-2-10-23-21(28)18-6-3-13-29-18)24-17-5-1-4-15(14-17)20(27)25-16-8-11-22-12-9-16/h1,3-6,8-9,11-14H,2,7,10H2,(H,23,28)(H,24,26)(H,22,25,27). The minimum atomic E-state index is -0.274. The van der Waals surface area contributed by atoms with Crippen molar-refractivity contribution in [3.63, 3.8) is 0 Å². The summed E-state index contributed by atoms with van der Waals surface area (Å²) in [5, 5.41) is 10.2. The van der Waals surface area contributed by atoms with Gasteiger partial charge >= 0.3 is 0 Å². The van der Waals surface area contributed by atoms with Gasteiger partial charge in [0.15, 0.2) is 0 Å². The number of amides is 3. The van der Waals surface area contributed by atoms with Crippen LogP contribution >= 0.6 is 11.3 Å². The first kappa shape index (κ1) is 20.2. The molecule has 0 unspecified atom stereocenters. The summed E-state index contributed by atoms with van der Waals surface area (Å²) >= 11 is 1.37. The molecule has 1 aromatic carbocycles. The average molecular weight is 408 g/mol. The molecular formula is C21H20N4O3S. The van der Waals surface area contributed by atoms with Crippen LogP contribution in [0.3, 0.4) is 0 Å². The first-order valence-electron chi connectivity index (χ1n) is 9.05. The van der Waals surface area contributed by atoms with Gasteiger partial charge in [0, 0.05) is 42.3 Å². The maximum atomic E-state index is 12.3. The zero-order chi connectivity index (χ0) is 20.5. The Morgan fingerprint density at radius 3 is 2.48 bits per heavy atom. The number of nitrogens with zero attached hydrogens (tertiary/aromatic N) is 1. The minimum absolute atomic E-state index is 0.131. The number of benzene rings is 1. The molecule has 2 heterocycles. The van der Waals surface area contributed by atoms with Gasteiger partial charge in [-0.1, -0.05) is 12.1 Å². The van der Waals surface area contributed by atoms with E-state index in [0.717, 1.165) is 0 Å². The largest absolute Gasteiger partial charge is 0.351 e. The van der Waals surface area contributed by atoms with Crippen LogP contribution < -0.4 is 16.0 Å². The van der Waals surface area contributed by atoms with Crippen LogP contribution in [-0.4, -0.2) is 29.3 Å². The van der Waals surface area contributed by atoms with Crippen LogP contribution in [0.2, 0.25) is 0 Å². The number of nitrogens with one attached hydrogen (secondary N) is 3. The molecule has 0 aliphatic heterocycles. The molecule has 0 radical (unpaired) electrons. The second-order valence-electron chi connectivity index (χ2n) is 6.16. The Bertz CT molecular complexity index is 975. The molecular weight excluding hydrogens is 388 g/mol. The predicted molar refractivity (Wildman–Crippen MR) is 113 cm³/mol. The monoisotopic (exact) mass is 408 g/mol. The molecule has 0 saturated heterocycles. The van der Waals surface area contributed by atoms with Crippen LogP contribution in [-0.2, 0) is 4.79 Å². The second-order valence-corrected chi connectivity index (χ2v) is 7.10. The normalized spacial score (nSPS) is 10.2. The van der Waals surface area contributed by atoms with Crippen LogP contribution in [0, 0.1) is 0 Å². The van der Waals surface area contributed by atoms with E-state index in [0.29, 0.717) is 34.8 Å². The summed E-state index contributed by atoms with van der Waals surface area (Å²) in [6, 6.07) is 13.7. The number of pyridine rings is 1. The van der Waals surface area contributed by atoms with Crippen LogP contribution in [0.4, 0.5) is 11.4 Å². The molecule has 29 heavy (non-hydrogen) atoms. The fourth-order valence-electron chi connectivity index (χ4n) is 2.55. The zero-order valence-electron chi connectivity index (χ0n) is 15.6. The molecule has 3 amide bonds. The van der Waals surface area contributed by atoms with E-state index in [4.69, 9.17) is 0 Å². The van der Waals surface area contributed by atoms with E-state index in [-0.39, 0.29) is 24.1 Å². The number of hydrogen-bond donors (Lipinski definition) is 3. The van der Waals surface area contributed by atoms with E-state index >= 15 is 0 Å². The predicted octanol–water partition coefficient (Wildman–Crippen LogP) is 3.54. The average Bonchev–Trinajstić information content (AvgIpc) is 3.27. The van der Waals surface area contributed by atoms with E-state index in [1.807, 2.05) is 11.4 Å². The third kappa shape index (κ3) is 6.25. The van der Waals surface area contributed by atoms with Crippen molar-refractivity contribution in [2.45, 2.75) is 12.8 Å². The van der Waals surface area contributed by atoms with Crippen molar-refractivity contribution in [1.82, 2.24) is 10.3 Å². The highest BCUT2D eigenvalue weighted by molar-refractivity contribution is 7.12. The Morgan fingerprint density at radius 2 is 1.72 bits per heavy atom. The van der Waals surface area contributed by atoms with Gasteiger partial charge in [0.25, 0.3) is 11.8 Å². The van der Waals surface area contributed by atoms with Crippen LogP contribution in [0.25, 0.3) is 0 Å². The highest BCUT2D eigenvalue weighted by Crippen LogP contribution is 2.14. The third-order valence-corrected chi connectivity index (χ3v) is 4.83. The molecule has 8 heteroatoms. The van der Waals surface area contributed by atoms with Gasteiger partial charge in [-0.05, 0) is 48.2 Å². The van der Waals surface area contributed by atoms with Crippen molar-refractivity contribution in [2.75, 3.05) is 17.2 Å². The Kier molecular flexibility index (Phi) is 7.07. The molecule has 0 bridgehead atoms. The molecule has 7 nitrogen and oxygen atoms in total. The van der Waals surface area contributed by atoms with Gasteiger partial charge in [-0.15, -0.1) is 11.3 Å². The highest BCUT2D eigenvalue weighted by atomic mass is 32.1. The first-order chi connectivity index (χ1) is 14.1. The number of carbonyl (C=O) groups excluding carboxylic acids is 3. The fourth-order valence-corrected chi connectivity index (χ4v) is 3.19. The van der Waals surface area contributed by atoms with Gasteiger partial charge in [-0.3, -0.25) is 19.4 Å². The Hall–Kier alpha value is -3.52. The molecule has 0 aliphatic carbocycles. The van der Waals surface area contributed by atoms with Gasteiger partial charge in [0.05, 0.1) is 4.88 Å². The topological polar surface area (TPSA) is 100 Å². The summed E-state index contributed by atoms with van der Waals surface area (Å²) in [6.07, 6.45) is 3.97. The smallest absolute Gasteiger partial charge is 0.261 e. The molecule has 2 aromatic heterocycles. The Labute approximate surface area is 172 Å². The third-order valence-electron chi connectivity index (χ3n) is 3.96. The SMILES string of the molecule is O=C(CCCNC(=O)c1cccs1)Nc1cccc(C(=O)Nc2ccncc2)c1. The highest BCUT2D eigenvalue weighted by Gasteiger charge is 2.09. The van der Waals surface area contributed by atoms with Gasteiger partial charge in [0.2, 0.25) is 5.91 Å². The van der Waals surface area contributed by atoms with Crippen LogP contribution in [0.5, 0.6) is 0 Å². The summed E-state index contributed by atoms with van der Waals surface area (Å²) in [5.41, 5.74) is 1.62. The second kappa shape index (κ2) is 10.1. The summed E-state index contributed by atoms with van der Waals surface area (Å²) in [4.78, 5) is 40.9. The lowest BCUT2D eigenvalue weighted by atomic mass is 10.1. The number of anilines is 2. The molecule has 0 aliphatic rings. The Balaban J connectivity index is 1.45. The van der Waals surface area contributed by atoms with Crippen molar-refractivity contribution >= 4 is 40.4 Å². The molecule has 3 N–H and O–H groups in total. The van der Waals surface area contributed by atoms with E-state index in [1.54, 1.807) is 54.9 Å². The lowest BCUT2D eigenvalue weighted by molar-refractivity contribution is -0.116. The molecule has 3 aromatic rings. The van der Waals surface area contributed by atoms with Crippen LogP contribution in [0.15, 0.2) is 66.3 Å². The lowest BCUT2D eigenvalue weighted by Gasteiger charge is -2.09.